The predicted molar refractivity (Wildman–Crippen MR) is 76.9 cm³/mol. The molecule has 0 saturated carbocycles. The Morgan fingerprint density at radius 1 is 1.38 bits per heavy atom. The van der Waals surface area contributed by atoms with Crippen LogP contribution in [-0.4, -0.2) is 61.4 Å². The fourth-order valence-electron chi connectivity index (χ4n) is 1.30. The highest BCUT2D eigenvalue weighted by atomic mass is 127. The molecule has 0 saturated heterocycles. The van der Waals surface area contributed by atoms with E-state index in [-0.39, 0.29) is 12.5 Å². The quantitative estimate of drug-likeness (QED) is 0.248. The van der Waals surface area contributed by atoms with Crippen molar-refractivity contribution < 1.29 is 0 Å². The largest absolute Gasteiger partial charge is 0.315 e. The summed E-state index contributed by atoms with van der Waals surface area (Å²) in [6.07, 6.45) is 0.0720. The Bertz CT molecular complexity index is 170. The summed E-state index contributed by atoms with van der Waals surface area (Å²) >= 11 is 2.29. The minimum absolute atomic E-state index is 0.00124. The summed E-state index contributed by atoms with van der Waals surface area (Å²) in [4.78, 5) is 2.08. The third-order valence-electron chi connectivity index (χ3n) is 2.40. The number of nitrogens with one attached hydrogen (secondary N) is 3. The summed E-state index contributed by atoms with van der Waals surface area (Å²) in [6.45, 7) is 4.70. The summed E-state index contributed by atoms with van der Waals surface area (Å²) in [6, 6.07) is 0. The van der Waals surface area contributed by atoms with Crippen molar-refractivity contribution >= 4 is 22.9 Å². The van der Waals surface area contributed by atoms with E-state index in [9.17, 15) is 0 Å². The molecule has 0 aliphatic rings. The first kappa shape index (κ1) is 16.5. The molecule has 0 radical (unpaired) electrons. The molecule has 98 valence electrons. The van der Waals surface area contributed by atoms with Crippen LogP contribution in [0.2, 0.25) is 0 Å². The van der Waals surface area contributed by atoms with Crippen LogP contribution in [0.1, 0.15) is 6.92 Å². The van der Waals surface area contributed by atoms with Gasteiger partial charge in [-0.2, -0.15) is 0 Å². The molecule has 2 atom stereocenters. The monoisotopic (exact) mass is 344 g/mol. The molecular weight excluding hydrogens is 319 g/mol. The number of nitrogens with zero attached hydrogens (tertiary/aromatic N) is 2. The van der Waals surface area contributed by atoms with E-state index in [0.717, 1.165) is 19.8 Å². The smallest absolute Gasteiger partial charge is 0.116 e. The van der Waals surface area contributed by atoms with Gasteiger partial charge in [-0.25, -0.2) is 3.11 Å². The normalized spacial score (nSPS) is 15.8. The molecule has 5 N–H and O–H groups in total. The Hall–Kier alpha value is 0.490. The van der Waals surface area contributed by atoms with Gasteiger partial charge in [0.2, 0.25) is 0 Å². The fraction of sp³-hybridized carbons (Fsp3) is 1.00. The van der Waals surface area contributed by atoms with Crippen molar-refractivity contribution in [3.05, 3.63) is 0 Å². The van der Waals surface area contributed by atoms with Crippen LogP contribution in [0, 0.1) is 0 Å². The third-order valence-corrected chi connectivity index (χ3v) is 3.48. The second-order valence-corrected chi connectivity index (χ2v) is 4.98. The number of nitrogens with two attached hydrogens (primary N) is 1. The van der Waals surface area contributed by atoms with Crippen molar-refractivity contribution in [2.24, 2.45) is 5.73 Å². The van der Waals surface area contributed by atoms with Crippen molar-refractivity contribution in [3.8, 4) is 0 Å². The Labute approximate surface area is 113 Å². The zero-order chi connectivity index (χ0) is 12.6. The highest BCUT2D eigenvalue weighted by Gasteiger charge is 2.19. The first-order valence-electron chi connectivity index (χ1n) is 5.50. The Morgan fingerprint density at radius 2 is 2.00 bits per heavy atom. The van der Waals surface area contributed by atoms with Gasteiger partial charge in [0.1, 0.15) is 6.29 Å². The zero-order valence-corrected chi connectivity index (χ0v) is 12.8. The van der Waals surface area contributed by atoms with Crippen molar-refractivity contribution in [2.45, 2.75) is 19.4 Å². The molecule has 0 fully saturated rings. The van der Waals surface area contributed by atoms with Crippen LogP contribution in [0.3, 0.4) is 0 Å². The SMILES string of the molecule is CCN(I)C[C@@H](N)N(C)[C@@H](NC)NCNC. The van der Waals surface area contributed by atoms with Crippen LogP contribution in [0.15, 0.2) is 0 Å². The van der Waals surface area contributed by atoms with Crippen molar-refractivity contribution in [1.29, 1.82) is 0 Å². The number of halogens is 1. The average Bonchev–Trinajstić information content (AvgIpc) is 2.29. The molecule has 0 rings (SSSR count). The molecule has 0 aliphatic carbocycles. The highest BCUT2D eigenvalue weighted by molar-refractivity contribution is 14.1. The first-order chi connectivity index (χ1) is 7.56. The molecule has 0 aromatic rings. The van der Waals surface area contributed by atoms with Gasteiger partial charge in [0, 0.05) is 42.6 Å². The number of likely N-dealkylation sites (N-methyl/N-ethyl adjacent to an activating group) is 2. The number of hydrogen-bond donors (Lipinski definition) is 4. The Morgan fingerprint density at radius 3 is 2.44 bits per heavy atom. The van der Waals surface area contributed by atoms with E-state index in [4.69, 9.17) is 5.73 Å². The topological polar surface area (TPSA) is 68.6 Å². The lowest BCUT2D eigenvalue weighted by atomic mass is 10.4. The van der Waals surface area contributed by atoms with E-state index in [1.807, 2.05) is 21.1 Å². The zero-order valence-electron chi connectivity index (χ0n) is 10.6. The molecule has 0 amide bonds. The van der Waals surface area contributed by atoms with Gasteiger partial charge in [-0.1, -0.05) is 6.92 Å². The molecule has 0 spiro atoms. The van der Waals surface area contributed by atoms with Gasteiger partial charge in [0.15, 0.2) is 0 Å². The van der Waals surface area contributed by atoms with E-state index in [2.05, 4.69) is 53.8 Å². The maximum Gasteiger partial charge on any atom is 0.116 e. The molecule has 0 bridgehead atoms. The van der Waals surface area contributed by atoms with Gasteiger partial charge >= 0.3 is 0 Å². The van der Waals surface area contributed by atoms with E-state index in [1.54, 1.807) is 0 Å². The molecular formula is C9H25IN6. The first-order valence-corrected chi connectivity index (χ1v) is 6.46. The van der Waals surface area contributed by atoms with Crippen LogP contribution in [0.25, 0.3) is 0 Å². The lowest BCUT2D eigenvalue weighted by Gasteiger charge is -2.34. The van der Waals surface area contributed by atoms with Gasteiger partial charge < -0.3 is 11.1 Å². The Kier molecular flexibility index (Phi) is 9.80. The molecule has 0 unspecified atom stereocenters. The summed E-state index contributed by atoms with van der Waals surface area (Å²) < 4.78 is 2.17. The molecule has 7 heteroatoms. The summed E-state index contributed by atoms with van der Waals surface area (Å²) in [5.74, 6) is 0. The van der Waals surface area contributed by atoms with E-state index in [0.29, 0.717) is 0 Å². The van der Waals surface area contributed by atoms with Gasteiger partial charge in [0.05, 0.1) is 6.17 Å². The second-order valence-electron chi connectivity index (χ2n) is 3.62. The van der Waals surface area contributed by atoms with E-state index in [1.165, 1.54) is 0 Å². The molecule has 0 aliphatic heterocycles. The summed E-state index contributed by atoms with van der Waals surface area (Å²) in [5, 5.41) is 9.52. The minimum atomic E-state index is -0.00124. The lowest BCUT2D eigenvalue weighted by molar-refractivity contribution is 0.115. The maximum atomic E-state index is 6.12. The summed E-state index contributed by atoms with van der Waals surface area (Å²) in [7, 11) is 5.83. The maximum absolute atomic E-state index is 6.12. The average molecular weight is 344 g/mol. The molecule has 0 heterocycles. The van der Waals surface area contributed by atoms with Crippen molar-refractivity contribution in [3.63, 3.8) is 0 Å². The molecule has 6 nitrogen and oxygen atoms in total. The van der Waals surface area contributed by atoms with E-state index >= 15 is 0 Å². The number of rotatable bonds is 9. The minimum Gasteiger partial charge on any atom is -0.315 e. The standard InChI is InChI=1S/C9H25IN6/c1-5-16(10)6-8(11)15(4)9(13-3)14-7-12-2/h8-9,12-14H,5-7,11H2,1-4H3/t8-,9-/m0/s1. The predicted octanol–water partition coefficient (Wildman–Crippen LogP) is -0.856. The van der Waals surface area contributed by atoms with Crippen molar-refractivity contribution in [2.75, 3.05) is 40.9 Å². The van der Waals surface area contributed by atoms with Gasteiger partial charge in [0.25, 0.3) is 0 Å². The van der Waals surface area contributed by atoms with Gasteiger partial charge in [-0.15, -0.1) is 0 Å². The van der Waals surface area contributed by atoms with Crippen molar-refractivity contribution in [1.82, 2.24) is 24.0 Å². The summed E-state index contributed by atoms with van der Waals surface area (Å²) in [5.41, 5.74) is 6.12. The third kappa shape index (κ3) is 6.28. The molecule has 0 aromatic heterocycles. The lowest BCUT2D eigenvalue weighted by Crippen LogP contribution is -2.60. The number of hydrogen-bond acceptors (Lipinski definition) is 6. The molecule has 16 heavy (non-hydrogen) atoms. The van der Waals surface area contributed by atoms with Crippen LogP contribution in [0.5, 0.6) is 0 Å². The van der Waals surface area contributed by atoms with Crippen LogP contribution < -0.4 is 21.7 Å². The Balaban J connectivity index is 4.09. The molecule has 0 aromatic carbocycles. The van der Waals surface area contributed by atoms with E-state index < -0.39 is 0 Å². The van der Waals surface area contributed by atoms with Crippen LogP contribution >= 0.6 is 22.9 Å². The van der Waals surface area contributed by atoms with Gasteiger partial charge in [-0.3, -0.25) is 15.5 Å². The van der Waals surface area contributed by atoms with Crippen LogP contribution in [0.4, 0.5) is 0 Å². The fourth-order valence-corrected chi connectivity index (χ4v) is 1.70. The van der Waals surface area contributed by atoms with Gasteiger partial charge in [-0.05, 0) is 21.1 Å². The van der Waals surface area contributed by atoms with Crippen LogP contribution in [-0.2, 0) is 0 Å². The second kappa shape index (κ2) is 9.51. The highest BCUT2D eigenvalue weighted by Crippen LogP contribution is 2.02.